The monoisotopic (exact) mass is 443 g/mol. The molecule has 0 spiro atoms. The number of aliphatic hydroxyl groups is 1. The number of benzene rings is 2. The Hall–Kier alpha value is -3.43. The van der Waals surface area contributed by atoms with E-state index >= 15 is 0 Å². The predicted molar refractivity (Wildman–Crippen MR) is 117 cm³/mol. The molecule has 2 aromatic carbocycles. The molecule has 0 fully saturated rings. The zero-order chi connectivity index (χ0) is 23.7. The molecule has 9 heteroatoms. The summed E-state index contributed by atoms with van der Waals surface area (Å²) in [5.74, 6) is -1.87. The molecule has 4 N–H and O–H groups in total. The van der Waals surface area contributed by atoms with Crippen molar-refractivity contribution in [3.8, 4) is 5.75 Å². The van der Waals surface area contributed by atoms with Gasteiger partial charge in [-0.15, -0.1) is 0 Å². The summed E-state index contributed by atoms with van der Waals surface area (Å²) in [6, 6.07) is 12.2. The zero-order valence-corrected chi connectivity index (χ0v) is 18.4. The van der Waals surface area contributed by atoms with Crippen LogP contribution in [0, 0.1) is 6.92 Å². The van der Waals surface area contributed by atoms with Crippen molar-refractivity contribution in [2.75, 3.05) is 13.2 Å². The predicted octanol–water partition coefficient (Wildman–Crippen LogP) is 1.28. The van der Waals surface area contributed by atoms with Gasteiger partial charge in [0.25, 0.3) is 11.8 Å². The quantitative estimate of drug-likeness (QED) is 0.322. The van der Waals surface area contributed by atoms with Gasteiger partial charge in [-0.2, -0.15) is 0 Å². The number of phenolic OH excluding ortho intramolecular Hbond substituents is 1. The lowest BCUT2D eigenvalue weighted by Crippen LogP contribution is -2.57. The molecule has 0 aliphatic heterocycles. The highest BCUT2D eigenvalue weighted by molar-refractivity contribution is 5.99. The first-order valence-electron chi connectivity index (χ1n) is 10.3. The van der Waals surface area contributed by atoms with Gasteiger partial charge >= 0.3 is 5.97 Å². The maximum Gasteiger partial charge on any atom is 0.321 e. The average molecular weight is 444 g/mol. The minimum absolute atomic E-state index is 0.0561. The molecular formula is C23H29N3O6. The lowest BCUT2D eigenvalue weighted by atomic mass is 10.1. The van der Waals surface area contributed by atoms with Crippen LogP contribution >= 0.6 is 0 Å². The molecule has 2 amide bonds. The molecule has 0 aliphatic rings. The molecule has 172 valence electrons. The van der Waals surface area contributed by atoms with Crippen LogP contribution in [0.15, 0.2) is 48.5 Å². The molecule has 0 radical (unpaired) electrons. The maximum absolute atomic E-state index is 13.3. The fourth-order valence-electron chi connectivity index (χ4n) is 2.99. The second-order valence-corrected chi connectivity index (χ2v) is 7.19. The molecule has 0 heterocycles. The number of hydrazine groups is 1. The minimum atomic E-state index is -1.30. The highest BCUT2D eigenvalue weighted by Gasteiger charge is 2.31. The van der Waals surface area contributed by atoms with Crippen LogP contribution in [0.2, 0.25) is 0 Å². The largest absolute Gasteiger partial charge is 0.508 e. The van der Waals surface area contributed by atoms with Gasteiger partial charge in [0.05, 0.1) is 19.3 Å². The summed E-state index contributed by atoms with van der Waals surface area (Å²) in [6.45, 7) is 4.65. The number of hydrogen-bond donors (Lipinski definition) is 4. The number of amides is 2. The third kappa shape index (κ3) is 6.79. The van der Waals surface area contributed by atoms with Crippen LogP contribution in [-0.4, -0.2) is 58.3 Å². The summed E-state index contributed by atoms with van der Waals surface area (Å²) < 4.78 is 4.89. The fourth-order valence-corrected chi connectivity index (χ4v) is 2.99. The van der Waals surface area contributed by atoms with Crippen LogP contribution in [0.25, 0.3) is 0 Å². The number of carbonyl (C=O) groups is 3. The van der Waals surface area contributed by atoms with E-state index in [0.717, 1.165) is 5.56 Å². The van der Waals surface area contributed by atoms with E-state index in [4.69, 9.17) is 4.74 Å². The molecule has 0 unspecified atom stereocenters. The van der Waals surface area contributed by atoms with Crippen LogP contribution in [0.1, 0.15) is 35.3 Å². The number of phenols is 1. The molecule has 0 bridgehead atoms. The number of aliphatic hydroxyl groups excluding tert-OH is 1. The first-order chi connectivity index (χ1) is 15.2. The van der Waals surface area contributed by atoms with Gasteiger partial charge < -0.3 is 20.3 Å². The summed E-state index contributed by atoms with van der Waals surface area (Å²) in [4.78, 5) is 37.8. The highest BCUT2D eigenvalue weighted by Crippen LogP contribution is 2.19. The number of rotatable bonds is 10. The zero-order valence-electron chi connectivity index (χ0n) is 18.4. The first-order valence-corrected chi connectivity index (χ1v) is 10.3. The van der Waals surface area contributed by atoms with Crippen molar-refractivity contribution in [2.24, 2.45) is 0 Å². The lowest BCUT2D eigenvalue weighted by Gasteiger charge is -2.29. The lowest BCUT2D eigenvalue weighted by molar-refractivity contribution is -0.146. The summed E-state index contributed by atoms with van der Waals surface area (Å²) in [5.41, 5.74) is 4.03. The summed E-state index contributed by atoms with van der Waals surface area (Å²) in [7, 11) is 0. The summed E-state index contributed by atoms with van der Waals surface area (Å²) in [5, 5.41) is 23.8. The Morgan fingerprint density at radius 3 is 2.41 bits per heavy atom. The normalized spacial score (nSPS) is 12.5. The molecule has 9 nitrogen and oxygen atoms in total. The van der Waals surface area contributed by atoms with Gasteiger partial charge in [-0.1, -0.05) is 36.4 Å². The van der Waals surface area contributed by atoms with Gasteiger partial charge in [-0.3, -0.25) is 19.4 Å². The molecule has 2 atom stereocenters. The second kappa shape index (κ2) is 11.8. The summed E-state index contributed by atoms with van der Waals surface area (Å²) >= 11 is 0. The van der Waals surface area contributed by atoms with Crippen LogP contribution in [0.4, 0.5) is 0 Å². The fraction of sp³-hybridized carbons (Fsp3) is 0.348. The number of nitrogens with one attached hydrogen (secondary N) is 2. The van der Waals surface area contributed by atoms with Crippen LogP contribution < -0.4 is 10.7 Å². The Balaban J connectivity index is 2.24. The minimum Gasteiger partial charge on any atom is -0.508 e. The van der Waals surface area contributed by atoms with Gasteiger partial charge in [-0.05, 0) is 38.5 Å². The Morgan fingerprint density at radius 2 is 1.78 bits per heavy atom. The molecule has 32 heavy (non-hydrogen) atoms. The van der Waals surface area contributed by atoms with Crippen molar-refractivity contribution in [3.63, 3.8) is 0 Å². The number of hydrogen-bond acceptors (Lipinski definition) is 7. The smallest absolute Gasteiger partial charge is 0.321 e. The van der Waals surface area contributed by atoms with E-state index in [1.54, 1.807) is 26.0 Å². The van der Waals surface area contributed by atoms with E-state index in [1.165, 1.54) is 30.1 Å². The van der Waals surface area contributed by atoms with Crippen molar-refractivity contribution >= 4 is 17.8 Å². The van der Waals surface area contributed by atoms with E-state index in [1.807, 2.05) is 18.2 Å². The van der Waals surface area contributed by atoms with Crippen molar-refractivity contribution < 1.29 is 29.3 Å². The second-order valence-electron chi connectivity index (χ2n) is 7.19. The van der Waals surface area contributed by atoms with Gasteiger partial charge in [0.1, 0.15) is 18.3 Å². The molecule has 0 aliphatic carbocycles. The highest BCUT2D eigenvalue weighted by atomic mass is 16.5. The van der Waals surface area contributed by atoms with Crippen LogP contribution in [0.5, 0.6) is 5.75 Å². The number of ether oxygens (including phenoxy) is 1. The van der Waals surface area contributed by atoms with Gasteiger partial charge in [-0.25, -0.2) is 5.43 Å². The number of esters is 1. The van der Waals surface area contributed by atoms with Gasteiger partial charge in [0, 0.05) is 11.1 Å². The molecular weight excluding hydrogens is 414 g/mol. The summed E-state index contributed by atoms with van der Waals surface area (Å²) in [6.07, 6.45) is -1.23. The number of aromatic hydroxyl groups is 1. The SMILES string of the molecule is CCOC(=O)CNN(Cc1ccccc1)C(=O)[C@@H](NC(=O)c1cccc(O)c1C)[C@@H](C)O. The van der Waals surface area contributed by atoms with Crippen molar-refractivity contribution in [1.29, 1.82) is 0 Å². The third-order valence-corrected chi connectivity index (χ3v) is 4.75. The Kier molecular flexibility index (Phi) is 9.18. The topological polar surface area (TPSA) is 128 Å². The molecule has 2 aromatic rings. The third-order valence-electron chi connectivity index (χ3n) is 4.75. The Morgan fingerprint density at radius 1 is 1.09 bits per heavy atom. The van der Waals surface area contributed by atoms with E-state index in [2.05, 4.69) is 10.7 Å². The molecule has 0 saturated carbocycles. The standard InChI is InChI=1S/C23H29N3O6/c1-4-32-20(29)13-24-26(14-17-9-6-5-7-10-17)23(31)21(16(3)27)25-22(30)18-11-8-12-19(28)15(18)2/h5-12,16,21,24,27-28H,4,13-14H2,1-3H3,(H,25,30)/t16-,21+/m1/s1. The van der Waals surface area contributed by atoms with Crippen molar-refractivity contribution in [2.45, 2.75) is 39.5 Å². The Labute approximate surface area is 187 Å². The van der Waals surface area contributed by atoms with E-state index in [-0.39, 0.29) is 31.0 Å². The van der Waals surface area contributed by atoms with Gasteiger partial charge in [0.2, 0.25) is 0 Å². The average Bonchev–Trinajstić information content (AvgIpc) is 2.77. The van der Waals surface area contributed by atoms with E-state index in [0.29, 0.717) is 5.56 Å². The molecule has 0 saturated heterocycles. The Bertz CT molecular complexity index is 933. The van der Waals surface area contributed by atoms with Crippen LogP contribution in [-0.2, 0) is 20.9 Å². The van der Waals surface area contributed by atoms with Crippen molar-refractivity contribution in [3.05, 3.63) is 65.2 Å². The van der Waals surface area contributed by atoms with E-state index in [9.17, 15) is 24.6 Å². The number of carbonyl (C=O) groups excluding carboxylic acids is 3. The first kappa shape index (κ1) is 24.8. The maximum atomic E-state index is 13.3. The van der Waals surface area contributed by atoms with Gasteiger partial charge in [0.15, 0.2) is 0 Å². The molecule has 0 aromatic heterocycles. The number of nitrogens with zero attached hydrogens (tertiary/aromatic N) is 1. The van der Waals surface area contributed by atoms with E-state index < -0.39 is 29.9 Å². The van der Waals surface area contributed by atoms with Crippen LogP contribution in [0.3, 0.4) is 0 Å². The molecule has 2 rings (SSSR count). The van der Waals surface area contributed by atoms with Crippen molar-refractivity contribution in [1.82, 2.24) is 15.8 Å².